The Balaban J connectivity index is -0.000000195. The van der Waals surface area contributed by atoms with Gasteiger partial charge in [-0.3, -0.25) is 19.2 Å². The van der Waals surface area contributed by atoms with Gasteiger partial charge < -0.3 is 75.5 Å². The van der Waals surface area contributed by atoms with Crippen LogP contribution in [-0.4, -0.2) is 101 Å². The molecule has 0 spiro atoms. The van der Waals surface area contributed by atoms with Gasteiger partial charge in [-0.05, 0) is 222 Å². The number of rotatable bonds is 26. The van der Waals surface area contributed by atoms with Crippen molar-refractivity contribution in [3.05, 3.63) is 300 Å². The third-order valence-corrected chi connectivity index (χ3v) is 23.7. The number of phenols is 4. The molecule has 1 saturated heterocycles. The number of carboxylic acid groups (broad SMARTS) is 1. The van der Waals surface area contributed by atoms with Crippen molar-refractivity contribution in [3.8, 4) is 40.6 Å². The maximum absolute atomic E-state index is 12.0. The van der Waals surface area contributed by atoms with Crippen molar-refractivity contribution >= 4 is 234 Å². The molecule has 0 unspecified atom stereocenters. The van der Waals surface area contributed by atoms with E-state index in [9.17, 15) is 39.6 Å². The van der Waals surface area contributed by atoms with E-state index in [1.165, 1.54) is 26.9 Å². The molecular weight excluding hydrogens is 2530 g/mol. The van der Waals surface area contributed by atoms with Crippen LogP contribution in [0.5, 0.6) is 34.5 Å². The van der Waals surface area contributed by atoms with E-state index in [0.29, 0.717) is 64.6 Å². The molecule has 0 saturated carbocycles. The van der Waals surface area contributed by atoms with Gasteiger partial charge in [-0.15, -0.1) is 0 Å². The van der Waals surface area contributed by atoms with Crippen molar-refractivity contribution in [1.29, 1.82) is 10.5 Å². The second-order valence-corrected chi connectivity index (χ2v) is 37.2. The molecule has 19 nitrogen and oxygen atoms in total. The van der Waals surface area contributed by atoms with E-state index in [1.54, 1.807) is 36.4 Å². The number of aliphatic hydroxyl groups is 1. The second kappa shape index (κ2) is 85.2. The molecule has 1 aliphatic heterocycles. The van der Waals surface area contributed by atoms with E-state index in [0.717, 1.165) is 122 Å². The van der Waals surface area contributed by atoms with Crippen molar-refractivity contribution in [1.82, 2.24) is 0 Å². The molecule has 9 aromatic carbocycles. The molecule has 0 aromatic heterocycles. The molecule has 748 valence electrons. The first-order valence-corrected chi connectivity index (χ1v) is 49.7. The maximum atomic E-state index is 12.0. The van der Waals surface area contributed by atoms with Gasteiger partial charge in [0.2, 0.25) is 0 Å². The molecule has 0 bridgehead atoms. The van der Waals surface area contributed by atoms with Gasteiger partial charge in [-0.25, -0.2) is 0 Å². The predicted molar refractivity (Wildman–Crippen MR) is 603 cm³/mol. The normalized spacial score (nSPS) is 10.8. The number of nitrogens with zero attached hydrogens (tertiary/aromatic N) is 2. The summed E-state index contributed by atoms with van der Waals surface area (Å²) in [4.78, 5) is 45.0. The summed E-state index contributed by atoms with van der Waals surface area (Å²) in [6.45, 7) is 24.4. The topological polar surface area (TPSA) is 302 Å². The summed E-state index contributed by atoms with van der Waals surface area (Å²) in [6, 6.07) is 53.8. The third kappa shape index (κ3) is 59.5. The Morgan fingerprint density at radius 3 is 1.09 bits per heavy atom. The number of nitriles is 1. The summed E-state index contributed by atoms with van der Waals surface area (Å²) >= 11 is 39.3. The van der Waals surface area contributed by atoms with E-state index < -0.39 is 5.97 Å². The van der Waals surface area contributed by atoms with Gasteiger partial charge >= 0.3 is 60.6 Å². The van der Waals surface area contributed by atoms with E-state index in [1.807, 2.05) is 135 Å². The Hall–Kier alpha value is -5.44. The molecule has 9 aromatic rings. The molecule has 1 fully saturated rings. The van der Waals surface area contributed by atoms with Crippen LogP contribution < -0.4 is 39.0 Å². The van der Waals surface area contributed by atoms with Crippen LogP contribution in [0.3, 0.4) is 0 Å². The summed E-state index contributed by atoms with van der Waals surface area (Å²) in [5.74, 6) is 1.98. The molecule has 136 heavy (non-hydrogen) atoms. The Kier molecular flexibility index (Phi) is 92.9. The van der Waals surface area contributed by atoms with Crippen molar-refractivity contribution in [2.24, 2.45) is 0 Å². The molecule has 0 radical (unpaired) electrons. The molecule has 1 aliphatic rings. The number of hydrogen-bond acceptors (Lipinski definition) is 18. The Labute approximate surface area is 936 Å². The first-order valence-electron chi connectivity index (χ1n) is 39.6. The summed E-state index contributed by atoms with van der Waals surface area (Å²) in [7, 11) is 4.93. The monoisotopic (exact) mass is 2650 g/mol. The predicted octanol–water partition coefficient (Wildman–Crippen LogP) is 30.8. The largest absolute Gasteiger partial charge is 1.00 e. The SMILES string of the molecule is BrCc1ccccc1.C.C.C.C.C.C.C.CC.CCC/C=C/B1OC(C)(C)C(C)(C)O1.CCC/C=C/c1cc(/C=C/CCC)c(OCc2ccccc2)c(CC(=O)OC)c1.CO.COC(=O)Cc1cc(Br)cc(Br)c1O.COC(=O)Cc1cc(Br)cc(Br)c1OCc1ccccc1.N#CCc1cc(Br)cc(Br)c1O.O=C(O)Cc1cc(Br)cc(Br)c1O.Oc1c(Br)cc(Br)cc1CBr.[C-]#N.[Na+]. The number of aliphatic hydroxyl groups excluding tert-OH is 1. The van der Waals surface area contributed by atoms with Crippen LogP contribution in [0.2, 0.25) is 0 Å². The number of hydrogen-bond donors (Lipinski definition) is 6. The molecule has 0 amide bonds. The molecule has 0 atom stereocenters. The number of carboxylic acids is 1. The van der Waals surface area contributed by atoms with Gasteiger partial charge in [0, 0.05) is 79.1 Å². The average molecular weight is 2670 g/mol. The van der Waals surface area contributed by atoms with Crippen LogP contribution in [0.1, 0.15) is 214 Å². The van der Waals surface area contributed by atoms with Crippen LogP contribution >= 0.6 is 191 Å². The Bertz CT molecular complexity index is 4980. The molecular formula is C103H136BBr12N2NaO17. The van der Waals surface area contributed by atoms with Gasteiger partial charge in [0.25, 0.3) is 0 Å². The smallest absolute Gasteiger partial charge is 0.512 e. The molecule has 33 heteroatoms. The number of ether oxygens (including phenoxy) is 5. The van der Waals surface area contributed by atoms with E-state index in [-0.39, 0.29) is 167 Å². The zero-order chi connectivity index (χ0) is 97.1. The number of esters is 3. The number of aromatic hydroxyl groups is 4. The quantitative estimate of drug-likeness (QED) is 0.00965. The second-order valence-electron chi connectivity index (χ2n) is 27.2. The molecule has 10 rings (SSSR count). The fourth-order valence-electron chi connectivity index (χ4n) is 10.2. The van der Waals surface area contributed by atoms with Crippen molar-refractivity contribution in [2.45, 2.75) is 220 Å². The van der Waals surface area contributed by atoms with Crippen LogP contribution in [0.4, 0.5) is 0 Å². The van der Waals surface area contributed by atoms with Crippen LogP contribution in [0, 0.1) is 23.2 Å². The first-order chi connectivity index (χ1) is 60.9. The minimum atomic E-state index is -0.972. The van der Waals surface area contributed by atoms with Crippen molar-refractivity contribution < 1.29 is 112 Å². The number of aliphatic carboxylic acids is 1. The van der Waals surface area contributed by atoms with Crippen LogP contribution in [-0.2, 0) is 98.7 Å². The molecule has 0 aliphatic carbocycles. The minimum Gasteiger partial charge on any atom is -0.512 e. The Morgan fingerprint density at radius 1 is 0.426 bits per heavy atom. The average Bonchev–Trinajstić information content (AvgIpc) is 1.53. The van der Waals surface area contributed by atoms with E-state index >= 15 is 0 Å². The summed E-state index contributed by atoms with van der Waals surface area (Å²) < 4.78 is 45.2. The van der Waals surface area contributed by atoms with Gasteiger partial charge in [-0.1, -0.05) is 345 Å². The number of allylic oxidation sites excluding steroid dienone is 3. The zero-order valence-corrected chi connectivity index (χ0v) is 95.4. The van der Waals surface area contributed by atoms with E-state index in [4.69, 9.17) is 55.6 Å². The van der Waals surface area contributed by atoms with Gasteiger partial charge in [0.1, 0.15) is 47.7 Å². The minimum absolute atomic E-state index is 0. The number of carbonyl (C=O) groups is 4. The van der Waals surface area contributed by atoms with Crippen LogP contribution in [0.15, 0.2) is 233 Å². The number of methoxy groups -OCH3 is 3. The fourth-order valence-corrected chi connectivity index (χ4v) is 17.7. The number of carbonyl (C=O) groups excluding carboxylic acids is 3. The number of unbranched alkanes of at least 4 members (excludes halogenated alkanes) is 3. The molecule has 6 N–H and O–H groups in total. The zero-order valence-electron chi connectivity index (χ0n) is 74.3. The summed E-state index contributed by atoms with van der Waals surface area (Å²) in [5.41, 5.74) is 9.14. The Morgan fingerprint density at radius 2 is 0.735 bits per heavy atom. The summed E-state index contributed by atoms with van der Waals surface area (Å²) in [5, 5.41) is 69.7. The fraction of sp³-hybridized carbons (Fsp3) is 0.359. The first kappa shape index (κ1) is 148. The number of phenolic OH excluding ortho intramolecular Hbond substituents is 4. The van der Waals surface area contributed by atoms with Gasteiger partial charge in [0.15, 0.2) is 0 Å². The summed E-state index contributed by atoms with van der Waals surface area (Å²) in [6.07, 6.45) is 17.6. The molecule has 1 heterocycles. The number of halogens is 12. The van der Waals surface area contributed by atoms with E-state index in [2.05, 4.69) is 293 Å². The van der Waals surface area contributed by atoms with Gasteiger partial charge in [0.05, 0.1) is 93.1 Å². The van der Waals surface area contributed by atoms with Crippen LogP contribution in [0.25, 0.3) is 12.2 Å². The van der Waals surface area contributed by atoms with Crippen molar-refractivity contribution in [3.63, 3.8) is 0 Å². The van der Waals surface area contributed by atoms with Gasteiger partial charge in [-0.2, -0.15) is 5.26 Å². The third-order valence-electron chi connectivity index (χ3n) is 17.2. The maximum Gasteiger partial charge on any atom is 1.00 e. The number of benzene rings is 9. The standard InChI is InChI=1S/C26H32O3.C16H14Br2O3.C11H21BO2.C9H8Br2O3.C8H5Br2NO.C8H6Br2O3.C7H5Br3O.C7H7Br.C2H6.CN.CH4O.7CH4.Na/c1-4-6-9-15-22-17-23(16-10-7-5-2)26(24(18-22)19-25(27)28-3)29-20-21-13-11-8-12-14-21;1-20-15(19)8-12-7-13(17)9-14(18)16(12)21-10-11-5-3-2-4-6-11;1-6-7-8-9-12-13-10(2,3)11(4,5)14-12;1-14-8(12)3-5-2-6(10)4-7(11)9(5)13;9-6-3-5(1-2-11)8(12)7(10)4-6;9-5-1-4(2-7(11)12)8(13)6(10)3-5;8-3-4-1-5(9)2-6(10)7(4)11;8-6-7-4-2-1-3-5-7;3*1-2;;;;;;;;/h8-18H,4-7,19-20H2,1-3H3;2-7,9H,8,10H2,1H3;8-9H,6-7H2,1-5H3;2,4,13H,3H2,1H3;3-4,12H,1H2;1,3,13H,2H2,(H,11,12);1-2,11H,3H2;1-5H,6H2;1-2H3;;2H,1H3;7*1H4;/q;;;;;;;;;-1;;;;;;;;;+1/b15-9+,16-10+;;9-8+;;;;;;;;;;;;;;;;. The van der Waals surface area contributed by atoms with Crippen molar-refractivity contribution in [2.75, 3.05) is 28.4 Å². The number of alkyl halides is 2.